The van der Waals surface area contributed by atoms with E-state index in [1.54, 1.807) is 24.3 Å². The minimum absolute atomic E-state index is 0.149. The number of aromatic hydroxyl groups is 1. The van der Waals surface area contributed by atoms with Crippen molar-refractivity contribution in [3.05, 3.63) is 89.4 Å². The Morgan fingerprint density at radius 3 is 2.73 bits per heavy atom. The molecular weight excluding hydrogens is 328 g/mol. The van der Waals surface area contributed by atoms with Crippen LogP contribution in [0, 0.1) is 6.92 Å². The molecule has 5 heteroatoms. The fraction of sp³-hybridized carbons (Fsp3) is 0.143. The molecule has 4 rings (SSSR count). The molecular formula is C21H18N2O3. The van der Waals surface area contributed by atoms with Crippen molar-refractivity contribution in [2.45, 2.75) is 19.4 Å². The van der Waals surface area contributed by atoms with Crippen molar-refractivity contribution < 1.29 is 14.3 Å². The number of phenols is 1. The number of para-hydroxylation sites is 1. The van der Waals surface area contributed by atoms with Gasteiger partial charge < -0.3 is 9.52 Å². The maximum Gasteiger partial charge on any atom is 0.310 e. The lowest BCUT2D eigenvalue weighted by atomic mass is 9.97. The zero-order valence-electron chi connectivity index (χ0n) is 14.3. The van der Waals surface area contributed by atoms with Crippen molar-refractivity contribution >= 4 is 11.6 Å². The molecule has 1 N–H and O–H groups in total. The summed E-state index contributed by atoms with van der Waals surface area (Å²) in [5, 5.41) is 16.3. The largest absolute Gasteiger partial charge is 0.508 e. The second kappa shape index (κ2) is 6.52. The van der Waals surface area contributed by atoms with Gasteiger partial charge in [0.05, 0.1) is 18.0 Å². The smallest absolute Gasteiger partial charge is 0.310 e. The van der Waals surface area contributed by atoms with Crippen LogP contribution in [-0.4, -0.2) is 21.7 Å². The molecule has 26 heavy (non-hydrogen) atoms. The third-order valence-electron chi connectivity index (χ3n) is 4.50. The highest BCUT2D eigenvalue weighted by molar-refractivity contribution is 6.04. The highest BCUT2D eigenvalue weighted by Crippen LogP contribution is 2.37. The van der Waals surface area contributed by atoms with Crippen LogP contribution in [0.4, 0.5) is 0 Å². The summed E-state index contributed by atoms with van der Waals surface area (Å²) in [6.07, 6.45) is 1.98. The van der Waals surface area contributed by atoms with E-state index in [1.807, 2.05) is 43.3 Å². The Morgan fingerprint density at radius 1 is 1.15 bits per heavy atom. The lowest BCUT2D eigenvalue weighted by molar-refractivity contribution is 0.0677. The number of amides is 1. The number of furan rings is 1. The number of phenolic OH excluding ortho intramolecular Hbond substituents is 1. The first-order valence-corrected chi connectivity index (χ1v) is 8.43. The quantitative estimate of drug-likeness (QED) is 0.769. The van der Waals surface area contributed by atoms with Gasteiger partial charge in [-0.3, -0.25) is 4.79 Å². The van der Waals surface area contributed by atoms with Crippen LogP contribution in [0.25, 0.3) is 0 Å². The summed E-state index contributed by atoms with van der Waals surface area (Å²) < 4.78 is 5.26. The van der Waals surface area contributed by atoms with Crippen molar-refractivity contribution in [2.24, 2.45) is 5.10 Å². The maximum absolute atomic E-state index is 12.9. The first-order chi connectivity index (χ1) is 12.6. The molecule has 3 aromatic rings. The van der Waals surface area contributed by atoms with Gasteiger partial charge in [-0.25, -0.2) is 5.01 Å². The molecule has 130 valence electrons. The Morgan fingerprint density at radius 2 is 2.00 bits per heavy atom. The fourth-order valence-corrected chi connectivity index (χ4v) is 3.22. The molecule has 0 radical (unpaired) electrons. The Balaban J connectivity index is 1.76. The van der Waals surface area contributed by atoms with E-state index in [0.717, 1.165) is 16.8 Å². The Labute approximate surface area is 151 Å². The topological polar surface area (TPSA) is 66.0 Å². The average Bonchev–Trinajstić information content (AvgIpc) is 3.32. The van der Waals surface area contributed by atoms with E-state index in [-0.39, 0.29) is 23.5 Å². The van der Waals surface area contributed by atoms with E-state index in [2.05, 4.69) is 5.10 Å². The summed E-state index contributed by atoms with van der Waals surface area (Å²) >= 11 is 0. The molecule has 0 saturated heterocycles. The van der Waals surface area contributed by atoms with Crippen molar-refractivity contribution in [1.82, 2.24) is 5.01 Å². The van der Waals surface area contributed by atoms with Crippen LogP contribution >= 0.6 is 0 Å². The van der Waals surface area contributed by atoms with Crippen LogP contribution in [0.2, 0.25) is 0 Å². The van der Waals surface area contributed by atoms with E-state index in [1.165, 1.54) is 11.3 Å². The fourth-order valence-electron chi connectivity index (χ4n) is 3.22. The van der Waals surface area contributed by atoms with Crippen molar-refractivity contribution in [3.8, 4) is 5.75 Å². The second-order valence-corrected chi connectivity index (χ2v) is 6.32. The molecule has 0 aliphatic carbocycles. The second-order valence-electron chi connectivity index (χ2n) is 6.32. The molecule has 0 saturated carbocycles. The molecule has 1 aromatic heterocycles. The third-order valence-corrected chi connectivity index (χ3v) is 4.50. The van der Waals surface area contributed by atoms with Crippen molar-refractivity contribution in [3.63, 3.8) is 0 Å². The summed E-state index contributed by atoms with van der Waals surface area (Å²) in [5.41, 5.74) is 3.57. The predicted octanol–water partition coefficient (Wildman–Crippen LogP) is 4.29. The Bertz CT molecular complexity index is 976. The molecule has 0 unspecified atom stereocenters. The number of aryl methyl sites for hydroxylation is 1. The number of nitrogens with zero attached hydrogens (tertiary/aromatic N) is 2. The molecule has 0 spiro atoms. The number of hydrogen-bond acceptors (Lipinski definition) is 4. The van der Waals surface area contributed by atoms with Gasteiger partial charge in [0, 0.05) is 12.0 Å². The average molecular weight is 346 g/mol. The first-order valence-electron chi connectivity index (χ1n) is 8.43. The van der Waals surface area contributed by atoms with E-state index in [4.69, 9.17) is 4.42 Å². The van der Waals surface area contributed by atoms with Crippen molar-refractivity contribution in [1.29, 1.82) is 0 Å². The zero-order chi connectivity index (χ0) is 18.1. The van der Waals surface area contributed by atoms with Gasteiger partial charge >= 0.3 is 5.91 Å². The molecule has 2 heterocycles. The zero-order valence-corrected chi connectivity index (χ0v) is 14.3. The van der Waals surface area contributed by atoms with E-state index in [9.17, 15) is 9.90 Å². The SMILES string of the molecule is Cc1cccc(C2=NN(C(=O)c3ccco3)[C@H](c3ccccc3O)C2)c1. The predicted molar refractivity (Wildman–Crippen MR) is 98.1 cm³/mol. The molecule has 1 atom stereocenters. The molecule has 5 nitrogen and oxygen atoms in total. The molecule has 0 fully saturated rings. The Hall–Kier alpha value is -3.34. The lowest BCUT2D eigenvalue weighted by Crippen LogP contribution is -2.26. The summed E-state index contributed by atoms with van der Waals surface area (Å²) in [7, 11) is 0. The minimum Gasteiger partial charge on any atom is -0.508 e. The van der Waals surface area contributed by atoms with Gasteiger partial charge in [0.15, 0.2) is 5.76 Å². The van der Waals surface area contributed by atoms with Crippen LogP contribution in [0.15, 0.2) is 76.4 Å². The normalized spacial score (nSPS) is 16.6. The van der Waals surface area contributed by atoms with Crippen molar-refractivity contribution in [2.75, 3.05) is 0 Å². The van der Waals surface area contributed by atoms with Gasteiger partial charge in [-0.1, -0.05) is 48.0 Å². The van der Waals surface area contributed by atoms with Gasteiger partial charge in [-0.05, 0) is 30.7 Å². The van der Waals surface area contributed by atoms with Gasteiger partial charge in [0.25, 0.3) is 0 Å². The molecule has 1 aliphatic heterocycles. The van der Waals surface area contributed by atoms with Crippen LogP contribution in [0.5, 0.6) is 5.75 Å². The van der Waals surface area contributed by atoms with Crippen LogP contribution < -0.4 is 0 Å². The standard InChI is InChI=1S/C21H18N2O3/c1-14-6-4-7-15(12-14)17-13-18(16-8-2-3-9-19(16)24)23(22-17)21(25)20-10-5-11-26-20/h2-12,18,24H,13H2,1H3/t18-/m0/s1. The third kappa shape index (κ3) is 2.88. The number of benzene rings is 2. The number of carbonyl (C=O) groups excluding carboxylic acids is 1. The van der Waals surface area contributed by atoms with Crippen LogP contribution in [-0.2, 0) is 0 Å². The molecule has 1 aliphatic rings. The molecule has 1 amide bonds. The highest BCUT2D eigenvalue weighted by Gasteiger charge is 2.35. The van der Waals surface area contributed by atoms with E-state index in [0.29, 0.717) is 12.0 Å². The molecule has 0 bridgehead atoms. The van der Waals surface area contributed by atoms with E-state index >= 15 is 0 Å². The summed E-state index contributed by atoms with van der Waals surface area (Å²) in [5.74, 6) is 0.0426. The number of rotatable bonds is 3. The molecule has 2 aromatic carbocycles. The summed E-state index contributed by atoms with van der Waals surface area (Å²) in [6, 6.07) is 18.0. The van der Waals surface area contributed by atoms with Crippen LogP contribution in [0.1, 0.15) is 39.7 Å². The van der Waals surface area contributed by atoms with E-state index < -0.39 is 0 Å². The minimum atomic E-state index is -0.385. The number of carbonyl (C=O) groups is 1. The van der Waals surface area contributed by atoms with Gasteiger partial charge in [-0.2, -0.15) is 5.10 Å². The van der Waals surface area contributed by atoms with Gasteiger partial charge in [0.2, 0.25) is 0 Å². The highest BCUT2D eigenvalue weighted by atomic mass is 16.3. The lowest BCUT2D eigenvalue weighted by Gasteiger charge is -2.21. The van der Waals surface area contributed by atoms with Crippen LogP contribution in [0.3, 0.4) is 0 Å². The van der Waals surface area contributed by atoms with Gasteiger partial charge in [0.1, 0.15) is 5.75 Å². The number of hydrogen-bond donors (Lipinski definition) is 1. The summed E-state index contributed by atoms with van der Waals surface area (Å²) in [4.78, 5) is 12.9. The summed E-state index contributed by atoms with van der Waals surface area (Å²) in [6.45, 7) is 2.02. The maximum atomic E-state index is 12.9. The van der Waals surface area contributed by atoms with Gasteiger partial charge in [-0.15, -0.1) is 0 Å². The monoisotopic (exact) mass is 346 g/mol. The number of hydrazone groups is 1. The Kier molecular flexibility index (Phi) is 4.05. The first kappa shape index (κ1) is 16.1.